The van der Waals surface area contributed by atoms with Gasteiger partial charge in [-0.2, -0.15) is 0 Å². The summed E-state index contributed by atoms with van der Waals surface area (Å²) in [5, 5.41) is 3.91. The van der Waals surface area contributed by atoms with Crippen LogP contribution in [0.5, 0.6) is 0 Å². The fraction of sp³-hybridized carbons (Fsp3) is 0.500. The molecule has 1 fully saturated rings. The van der Waals surface area contributed by atoms with Crippen LogP contribution in [0.2, 0.25) is 0 Å². The maximum absolute atomic E-state index is 3.91. The van der Waals surface area contributed by atoms with Crippen LogP contribution in [0.3, 0.4) is 0 Å². The highest BCUT2D eigenvalue weighted by Crippen LogP contribution is 2.46. The number of nitrogens with zero attached hydrogens (tertiary/aromatic N) is 2. The zero-order valence-corrected chi connectivity index (χ0v) is 16.7. The quantitative estimate of drug-likeness (QED) is 0.850. The maximum Gasteiger partial charge on any atom is 0.120 e. The van der Waals surface area contributed by atoms with Crippen LogP contribution >= 0.6 is 0 Å². The zero-order valence-electron chi connectivity index (χ0n) is 16.7. The third-order valence-electron chi connectivity index (χ3n) is 6.82. The molecule has 1 saturated heterocycles. The van der Waals surface area contributed by atoms with Crippen molar-refractivity contribution in [1.82, 2.24) is 4.90 Å². The predicted molar refractivity (Wildman–Crippen MR) is 114 cm³/mol. The Labute approximate surface area is 163 Å². The lowest BCUT2D eigenvalue weighted by Crippen LogP contribution is -2.57. The number of hydrogen-bond donors (Lipinski definition) is 1. The molecule has 3 heteroatoms. The molecular weight excluding hydrogens is 330 g/mol. The van der Waals surface area contributed by atoms with Crippen molar-refractivity contribution < 1.29 is 0 Å². The van der Waals surface area contributed by atoms with Gasteiger partial charge in [0.1, 0.15) is 5.66 Å². The fourth-order valence-corrected chi connectivity index (χ4v) is 5.56. The number of nitrogens with one attached hydrogen (secondary N) is 1. The summed E-state index contributed by atoms with van der Waals surface area (Å²) in [6.45, 7) is 9.30. The summed E-state index contributed by atoms with van der Waals surface area (Å²) >= 11 is 0. The first kappa shape index (κ1) is 17.1. The maximum atomic E-state index is 3.91. The van der Waals surface area contributed by atoms with E-state index in [9.17, 15) is 0 Å². The second kappa shape index (κ2) is 6.56. The molecule has 142 valence electrons. The molecule has 5 rings (SSSR count). The molecule has 0 aromatic heterocycles. The smallest absolute Gasteiger partial charge is 0.120 e. The third kappa shape index (κ3) is 3.02. The molecule has 0 aliphatic carbocycles. The molecular formula is C24H31N3. The van der Waals surface area contributed by atoms with Crippen LogP contribution in [0.1, 0.15) is 48.8 Å². The zero-order chi connectivity index (χ0) is 18.4. The van der Waals surface area contributed by atoms with Gasteiger partial charge in [-0.15, -0.1) is 0 Å². The van der Waals surface area contributed by atoms with Crippen molar-refractivity contribution in [3.63, 3.8) is 0 Å². The Kier molecular flexibility index (Phi) is 4.16. The first-order valence-corrected chi connectivity index (χ1v) is 10.6. The molecule has 2 aromatic rings. The van der Waals surface area contributed by atoms with E-state index in [1.165, 1.54) is 73.4 Å². The molecule has 3 nitrogen and oxygen atoms in total. The van der Waals surface area contributed by atoms with Crippen molar-refractivity contribution in [2.45, 2.75) is 51.1 Å². The van der Waals surface area contributed by atoms with Crippen LogP contribution in [-0.4, -0.2) is 36.7 Å². The molecule has 3 aliphatic rings. The van der Waals surface area contributed by atoms with Gasteiger partial charge in [-0.1, -0.05) is 36.4 Å². The summed E-state index contributed by atoms with van der Waals surface area (Å²) in [5.41, 5.74) is 7.29. The largest absolute Gasteiger partial charge is 0.360 e. The van der Waals surface area contributed by atoms with E-state index < -0.39 is 0 Å². The monoisotopic (exact) mass is 361 g/mol. The van der Waals surface area contributed by atoms with Crippen LogP contribution < -0.4 is 10.2 Å². The van der Waals surface area contributed by atoms with Crippen LogP contribution in [-0.2, 0) is 6.42 Å². The molecule has 0 bridgehead atoms. The number of aryl methyl sites for hydroxylation is 2. The molecule has 1 unspecified atom stereocenters. The normalized spacial score (nSPS) is 25.3. The Hall–Kier alpha value is -2.00. The number of piperidine rings is 1. The number of benzene rings is 2. The van der Waals surface area contributed by atoms with Crippen molar-refractivity contribution in [3.05, 3.63) is 59.2 Å². The van der Waals surface area contributed by atoms with E-state index in [1.54, 1.807) is 0 Å². The van der Waals surface area contributed by atoms with Crippen LogP contribution in [0.4, 0.5) is 11.4 Å². The van der Waals surface area contributed by atoms with Crippen molar-refractivity contribution in [2.24, 2.45) is 0 Å². The minimum Gasteiger partial charge on any atom is -0.360 e. The van der Waals surface area contributed by atoms with Crippen molar-refractivity contribution >= 4 is 11.4 Å². The van der Waals surface area contributed by atoms with Crippen molar-refractivity contribution in [3.8, 4) is 0 Å². The van der Waals surface area contributed by atoms with E-state index in [0.717, 1.165) is 12.5 Å². The standard InChI is InChI=1S/C24H31N3/c1-18-15-21-9-6-12-27-23(21)22(16-18)25-24(27,2)17-26-13-10-20(11-14-26)19-7-4-3-5-8-19/h3-5,7-8,15-16,20,25H,6,9-14,17H2,1-2H3. The summed E-state index contributed by atoms with van der Waals surface area (Å²) in [4.78, 5) is 5.34. The number of likely N-dealkylation sites (tertiary alicyclic amines) is 1. The molecule has 3 aliphatic heterocycles. The second-order valence-corrected chi connectivity index (χ2v) is 8.94. The molecule has 1 atom stereocenters. The molecule has 0 amide bonds. The van der Waals surface area contributed by atoms with Gasteiger partial charge in [-0.05, 0) is 81.3 Å². The average molecular weight is 362 g/mol. The van der Waals surface area contributed by atoms with E-state index in [2.05, 4.69) is 71.4 Å². The van der Waals surface area contributed by atoms with Crippen LogP contribution in [0.25, 0.3) is 0 Å². The minimum absolute atomic E-state index is 0.0187. The van der Waals surface area contributed by atoms with E-state index >= 15 is 0 Å². The highest BCUT2D eigenvalue weighted by Gasteiger charge is 2.43. The van der Waals surface area contributed by atoms with Gasteiger partial charge in [0, 0.05) is 13.1 Å². The van der Waals surface area contributed by atoms with Gasteiger partial charge in [0.25, 0.3) is 0 Å². The van der Waals surface area contributed by atoms with E-state index in [4.69, 9.17) is 0 Å². The van der Waals surface area contributed by atoms with E-state index in [1.807, 2.05) is 0 Å². The van der Waals surface area contributed by atoms with Crippen molar-refractivity contribution in [1.29, 1.82) is 0 Å². The van der Waals surface area contributed by atoms with E-state index in [0.29, 0.717) is 0 Å². The fourth-order valence-electron chi connectivity index (χ4n) is 5.56. The number of anilines is 2. The Morgan fingerprint density at radius 1 is 1.07 bits per heavy atom. The summed E-state index contributed by atoms with van der Waals surface area (Å²) < 4.78 is 0. The lowest BCUT2D eigenvalue weighted by Gasteiger charge is -2.44. The highest BCUT2D eigenvalue weighted by molar-refractivity contribution is 5.82. The molecule has 27 heavy (non-hydrogen) atoms. The number of rotatable bonds is 3. The topological polar surface area (TPSA) is 18.5 Å². The molecule has 0 spiro atoms. The summed E-state index contributed by atoms with van der Waals surface area (Å²) in [6.07, 6.45) is 5.04. The van der Waals surface area contributed by atoms with Gasteiger partial charge in [0.2, 0.25) is 0 Å². The Bertz CT molecular complexity index is 823. The second-order valence-electron chi connectivity index (χ2n) is 8.94. The highest BCUT2D eigenvalue weighted by atomic mass is 15.4. The Morgan fingerprint density at radius 2 is 1.85 bits per heavy atom. The van der Waals surface area contributed by atoms with Gasteiger partial charge in [-0.3, -0.25) is 4.90 Å². The van der Waals surface area contributed by atoms with Gasteiger partial charge >= 0.3 is 0 Å². The van der Waals surface area contributed by atoms with Gasteiger partial charge in [0.15, 0.2) is 0 Å². The van der Waals surface area contributed by atoms with Crippen LogP contribution in [0.15, 0.2) is 42.5 Å². The first-order valence-electron chi connectivity index (χ1n) is 10.6. The number of hydrogen-bond acceptors (Lipinski definition) is 3. The summed E-state index contributed by atoms with van der Waals surface area (Å²) in [5.74, 6) is 0.730. The lowest BCUT2D eigenvalue weighted by atomic mass is 9.89. The molecule has 3 heterocycles. The lowest BCUT2D eigenvalue weighted by molar-refractivity contribution is 0.179. The average Bonchev–Trinajstić information content (AvgIpc) is 2.96. The summed E-state index contributed by atoms with van der Waals surface area (Å²) in [7, 11) is 0. The predicted octanol–water partition coefficient (Wildman–Crippen LogP) is 4.77. The van der Waals surface area contributed by atoms with Gasteiger partial charge in [0.05, 0.1) is 11.4 Å². The SMILES string of the molecule is Cc1cc2c3c(c1)NC(C)(CN1CCC(c4ccccc4)CC1)N3CCC2. The van der Waals surface area contributed by atoms with Gasteiger partial charge in [-0.25, -0.2) is 0 Å². The minimum atomic E-state index is 0.0187. The molecule has 1 N–H and O–H groups in total. The van der Waals surface area contributed by atoms with Gasteiger partial charge < -0.3 is 10.2 Å². The molecule has 0 radical (unpaired) electrons. The first-order chi connectivity index (χ1) is 13.1. The Balaban J connectivity index is 1.30. The molecule has 2 aromatic carbocycles. The van der Waals surface area contributed by atoms with E-state index in [-0.39, 0.29) is 5.66 Å². The molecule has 0 saturated carbocycles. The Morgan fingerprint density at radius 3 is 2.63 bits per heavy atom. The van der Waals surface area contributed by atoms with Crippen LogP contribution in [0, 0.1) is 6.92 Å². The summed E-state index contributed by atoms with van der Waals surface area (Å²) in [6, 6.07) is 15.8. The third-order valence-corrected chi connectivity index (χ3v) is 6.82. The van der Waals surface area contributed by atoms with Crippen molar-refractivity contribution in [2.75, 3.05) is 36.4 Å².